The molecule has 1 aliphatic heterocycles. The summed E-state index contributed by atoms with van der Waals surface area (Å²) >= 11 is 1.43. The normalized spacial score (nSPS) is 24.3. The van der Waals surface area contributed by atoms with Crippen LogP contribution in [0.2, 0.25) is 0 Å². The SMILES string of the molecule is CSc1nc(C2CC2)cc(C(=O)N2C[C@H](C)O[C@@H](C)C2)c1C#N. The lowest BCUT2D eigenvalue weighted by molar-refractivity contribution is -0.0586. The number of hydrogen-bond donors (Lipinski definition) is 0. The van der Waals surface area contributed by atoms with Crippen LogP contribution in [0, 0.1) is 11.3 Å². The molecule has 1 amide bonds. The Hall–Kier alpha value is -1.58. The van der Waals surface area contributed by atoms with Gasteiger partial charge in [0.15, 0.2) is 0 Å². The predicted octanol–water partition coefficient (Wildman–Crippen LogP) is 2.80. The van der Waals surface area contributed by atoms with E-state index < -0.39 is 0 Å². The van der Waals surface area contributed by atoms with Gasteiger partial charge in [0, 0.05) is 24.7 Å². The molecule has 2 atom stereocenters. The minimum Gasteiger partial charge on any atom is -0.372 e. The number of pyridine rings is 1. The molecule has 1 saturated heterocycles. The first-order valence-electron chi connectivity index (χ1n) is 7.97. The highest BCUT2D eigenvalue weighted by Crippen LogP contribution is 2.40. The van der Waals surface area contributed by atoms with E-state index in [0.29, 0.717) is 35.2 Å². The molecule has 23 heavy (non-hydrogen) atoms. The monoisotopic (exact) mass is 331 g/mol. The average molecular weight is 331 g/mol. The number of rotatable bonds is 3. The van der Waals surface area contributed by atoms with Crippen molar-refractivity contribution in [1.29, 1.82) is 5.26 Å². The Labute approximate surface area is 141 Å². The van der Waals surface area contributed by atoms with E-state index in [4.69, 9.17) is 4.74 Å². The number of aromatic nitrogens is 1. The van der Waals surface area contributed by atoms with Gasteiger partial charge < -0.3 is 9.64 Å². The van der Waals surface area contributed by atoms with E-state index in [1.165, 1.54) is 11.8 Å². The van der Waals surface area contributed by atoms with Crippen LogP contribution in [-0.4, -0.2) is 47.3 Å². The van der Waals surface area contributed by atoms with Crippen LogP contribution in [0.5, 0.6) is 0 Å². The number of carbonyl (C=O) groups is 1. The summed E-state index contributed by atoms with van der Waals surface area (Å²) in [6.07, 6.45) is 4.15. The summed E-state index contributed by atoms with van der Waals surface area (Å²) in [5.74, 6) is 0.367. The van der Waals surface area contributed by atoms with Crippen molar-refractivity contribution in [2.75, 3.05) is 19.3 Å². The van der Waals surface area contributed by atoms with Crippen molar-refractivity contribution >= 4 is 17.7 Å². The Balaban J connectivity index is 1.98. The maximum Gasteiger partial charge on any atom is 0.255 e. The molecule has 0 aromatic carbocycles. The van der Waals surface area contributed by atoms with E-state index in [0.717, 1.165) is 18.5 Å². The lowest BCUT2D eigenvalue weighted by atomic mass is 10.1. The van der Waals surface area contributed by atoms with Gasteiger partial charge in [-0.2, -0.15) is 5.26 Å². The average Bonchev–Trinajstić information content (AvgIpc) is 3.36. The molecule has 5 nitrogen and oxygen atoms in total. The molecule has 0 unspecified atom stereocenters. The quantitative estimate of drug-likeness (QED) is 0.797. The van der Waals surface area contributed by atoms with E-state index in [-0.39, 0.29) is 18.1 Å². The van der Waals surface area contributed by atoms with E-state index in [9.17, 15) is 10.1 Å². The van der Waals surface area contributed by atoms with Crippen LogP contribution in [0.3, 0.4) is 0 Å². The van der Waals surface area contributed by atoms with Crippen LogP contribution >= 0.6 is 11.8 Å². The molecular weight excluding hydrogens is 310 g/mol. The number of carbonyl (C=O) groups excluding carboxylic acids is 1. The van der Waals surface area contributed by atoms with Crippen LogP contribution in [-0.2, 0) is 4.74 Å². The van der Waals surface area contributed by atoms with Gasteiger partial charge >= 0.3 is 0 Å². The van der Waals surface area contributed by atoms with E-state index in [1.807, 2.05) is 26.2 Å². The third-order valence-corrected chi connectivity index (χ3v) is 4.93. The Bertz CT molecular complexity index is 657. The molecule has 1 aliphatic carbocycles. The molecule has 1 aromatic rings. The second-order valence-electron chi connectivity index (χ2n) is 6.33. The minimum atomic E-state index is -0.0804. The van der Waals surface area contributed by atoms with Crippen molar-refractivity contribution in [3.8, 4) is 6.07 Å². The molecule has 2 fully saturated rings. The lowest BCUT2D eigenvalue weighted by Crippen LogP contribution is -2.48. The van der Waals surface area contributed by atoms with Crippen molar-refractivity contribution in [3.05, 3.63) is 22.9 Å². The molecule has 0 spiro atoms. The van der Waals surface area contributed by atoms with Crippen molar-refractivity contribution in [1.82, 2.24) is 9.88 Å². The maximum atomic E-state index is 13.0. The summed E-state index contributed by atoms with van der Waals surface area (Å²) in [4.78, 5) is 19.4. The van der Waals surface area contributed by atoms with Gasteiger partial charge in [-0.3, -0.25) is 4.79 Å². The number of morpholine rings is 1. The van der Waals surface area contributed by atoms with Crippen molar-refractivity contribution in [2.45, 2.75) is 49.8 Å². The first-order valence-corrected chi connectivity index (χ1v) is 9.19. The third kappa shape index (κ3) is 3.36. The van der Waals surface area contributed by atoms with Gasteiger partial charge in [-0.15, -0.1) is 11.8 Å². The summed E-state index contributed by atoms with van der Waals surface area (Å²) < 4.78 is 5.70. The fourth-order valence-electron chi connectivity index (χ4n) is 3.07. The van der Waals surface area contributed by atoms with Crippen molar-refractivity contribution in [3.63, 3.8) is 0 Å². The van der Waals surface area contributed by atoms with Crippen molar-refractivity contribution in [2.24, 2.45) is 0 Å². The second kappa shape index (κ2) is 6.50. The molecule has 3 rings (SSSR count). The molecule has 0 radical (unpaired) electrons. The number of amides is 1. The van der Waals surface area contributed by atoms with Crippen LogP contribution in [0.15, 0.2) is 11.1 Å². The lowest BCUT2D eigenvalue weighted by Gasteiger charge is -2.35. The van der Waals surface area contributed by atoms with Gasteiger partial charge in [0.05, 0.1) is 23.3 Å². The van der Waals surface area contributed by atoms with Crippen LogP contribution in [0.25, 0.3) is 0 Å². The van der Waals surface area contributed by atoms with E-state index in [1.54, 1.807) is 4.90 Å². The Morgan fingerprint density at radius 1 is 1.39 bits per heavy atom. The largest absolute Gasteiger partial charge is 0.372 e. The first kappa shape index (κ1) is 16.3. The number of thioether (sulfide) groups is 1. The molecule has 1 saturated carbocycles. The summed E-state index contributed by atoms with van der Waals surface area (Å²) in [6, 6.07) is 4.02. The number of hydrogen-bond acceptors (Lipinski definition) is 5. The molecule has 6 heteroatoms. The molecule has 0 bridgehead atoms. The highest BCUT2D eigenvalue weighted by atomic mass is 32.2. The van der Waals surface area contributed by atoms with Gasteiger partial charge in [0.1, 0.15) is 11.1 Å². The topological polar surface area (TPSA) is 66.2 Å². The Morgan fingerprint density at radius 2 is 2.04 bits per heavy atom. The van der Waals surface area contributed by atoms with Crippen LogP contribution in [0.1, 0.15) is 54.2 Å². The van der Waals surface area contributed by atoms with Gasteiger partial charge in [-0.1, -0.05) is 0 Å². The summed E-state index contributed by atoms with van der Waals surface area (Å²) in [7, 11) is 0. The van der Waals surface area contributed by atoms with Crippen molar-refractivity contribution < 1.29 is 9.53 Å². The van der Waals surface area contributed by atoms with Gasteiger partial charge in [0.25, 0.3) is 5.91 Å². The number of ether oxygens (including phenoxy) is 1. The third-order valence-electron chi connectivity index (χ3n) is 4.24. The molecule has 1 aromatic heterocycles. The first-order chi connectivity index (χ1) is 11.0. The Morgan fingerprint density at radius 3 is 2.57 bits per heavy atom. The molecule has 0 N–H and O–H groups in total. The standard InChI is InChI=1S/C17H21N3O2S/c1-10-8-20(9-11(2)22-10)17(21)13-6-15(12-4-5-12)19-16(23-3)14(13)7-18/h6,10-12H,4-5,8-9H2,1-3H3/t10-,11-/m0/s1. The van der Waals surface area contributed by atoms with Gasteiger partial charge in [0.2, 0.25) is 0 Å². The number of nitriles is 1. The highest BCUT2D eigenvalue weighted by molar-refractivity contribution is 7.98. The fraction of sp³-hybridized carbons (Fsp3) is 0.588. The van der Waals surface area contributed by atoms with Gasteiger partial charge in [-0.05, 0) is 39.0 Å². The zero-order valence-electron chi connectivity index (χ0n) is 13.7. The molecular formula is C17H21N3O2S. The van der Waals surface area contributed by atoms with Gasteiger partial charge in [-0.25, -0.2) is 4.98 Å². The van der Waals surface area contributed by atoms with Crippen LogP contribution < -0.4 is 0 Å². The van der Waals surface area contributed by atoms with Crippen LogP contribution in [0.4, 0.5) is 0 Å². The molecule has 2 heterocycles. The zero-order valence-corrected chi connectivity index (χ0v) is 14.5. The summed E-state index contributed by atoms with van der Waals surface area (Å²) in [5.41, 5.74) is 1.85. The highest BCUT2D eigenvalue weighted by Gasteiger charge is 2.32. The molecule has 122 valence electrons. The van der Waals surface area contributed by atoms with E-state index >= 15 is 0 Å². The maximum absolute atomic E-state index is 13.0. The zero-order chi connectivity index (χ0) is 16.6. The minimum absolute atomic E-state index is 0.0120. The molecule has 2 aliphatic rings. The smallest absolute Gasteiger partial charge is 0.255 e. The number of nitrogens with zero attached hydrogens (tertiary/aromatic N) is 3. The summed E-state index contributed by atoms with van der Waals surface area (Å²) in [5, 5.41) is 10.2. The predicted molar refractivity (Wildman–Crippen MR) is 88.6 cm³/mol. The van der Waals surface area contributed by atoms with E-state index in [2.05, 4.69) is 11.1 Å². The Kier molecular flexibility index (Phi) is 4.60. The fourth-order valence-corrected chi connectivity index (χ4v) is 3.62. The summed E-state index contributed by atoms with van der Waals surface area (Å²) in [6.45, 7) is 5.06. The second-order valence-corrected chi connectivity index (χ2v) is 7.13.